The van der Waals surface area contributed by atoms with Gasteiger partial charge in [0.25, 0.3) is 0 Å². The van der Waals surface area contributed by atoms with Gasteiger partial charge in [-0.15, -0.1) is 0 Å². The Morgan fingerprint density at radius 1 is 0.722 bits per heavy atom. The fourth-order valence-corrected chi connectivity index (χ4v) is 5.51. The predicted molar refractivity (Wildman–Crippen MR) is 139 cm³/mol. The molecule has 0 aliphatic heterocycles. The number of hydrogen-bond acceptors (Lipinski definition) is 6. The Labute approximate surface area is 209 Å². The fraction of sp³-hybridized carbons (Fsp3) is 0.233. The van der Waals surface area contributed by atoms with E-state index in [0.717, 1.165) is 11.1 Å². The molecule has 6 nitrogen and oxygen atoms in total. The van der Waals surface area contributed by atoms with Gasteiger partial charge in [0.2, 0.25) is 5.78 Å². The maximum atomic E-state index is 13.8. The van der Waals surface area contributed by atoms with E-state index in [2.05, 4.69) is 0 Å². The lowest BCUT2D eigenvalue weighted by Crippen LogP contribution is -2.31. The summed E-state index contributed by atoms with van der Waals surface area (Å²) in [5.41, 5.74) is 3.63. The fourth-order valence-electron chi connectivity index (χ4n) is 5.51. The van der Waals surface area contributed by atoms with Gasteiger partial charge in [-0.05, 0) is 71.8 Å². The highest BCUT2D eigenvalue weighted by molar-refractivity contribution is 6.20. The standard InChI is InChI=1S/C30H28O6/c1-14-7-20-26(22(31)8-14)29(34)27-21(30(20,3)4)11-16-10-18(36-6)12-19(25(16)28(27)33)24-15(2)9-17(35-5)13-23(24)32/h7-13,31-33H,1-6H3. The molecule has 4 aromatic rings. The first-order valence-corrected chi connectivity index (χ1v) is 11.6. The smallest absolute Gasteiger partial charge is 0.201 e. The summed E-state index contributed by atoms with van der Waals surface area (Å²) >= 11 is 0. The molecule has 0 bridgehead atoms. The molecular formula is C30H28O6. The number of ether oxygens (including phenoxy) is 2. The predicted octanol–water partition coefficient (Wildman–Crippen LogP) is 6.13. The van der Waals surface area contributed by atoms with E-state index in [1.54, 1.807) is 31.4 Å². The van der Waals surface area contributed by atoms with Crippen LogP contribution in [0.25, 0.3) is 21.9 Å². The highest BCUT2D eigenvalue weighted by Crippen LogP contribution is 2.52. The first-order chi connectivity index (χ1) is 17.0. The third-order valence-corrected chi connectivity index (χ3v) is 7.28. The zero-order chi connectivity index (χ0) is 26.1. The topological polar surface area (TPSA) is 96.2 Å². The quantitative estimate of drug-likeness (QED) is 0.324. The Hall–Kier alpha value is -4.19. The Morgan fingerprint density at radius 2 is 1.33 bits per heavy atom. The first-order valence-electron chi connectivity index (χ1n) is 11.6. The van der Waals surface area contributed by atoms with E-state index in [0.29, 0.717) is 44.5 Å². The number of carbonyl (C=O) groups excluding carboxylic acids is 1. The molecule has 1 aliphatic carbocycles. The van der Waals surface area contributed by atoms with Gasteiger partial charge in [0.05, 0.1) is 25.3 Å². The SMILES string of the molecule is COc1cc(C)c(-c2cc(OC)cc3cc4c(c(O)c23)C(=O)c2c(O)cc(C)cc2C4(C)C)c(O)c1. The lowest BCUT2D eigenvalue weighted by Gasteiger charge is -2.35. The van der Waals surface area contributed by atoms with E-state index in [1.165, 1.54) is 13.2 Å². The second-order valence-electron chi connectivity index (χ2n) is 9.92. The maximum Gasteiger partial charge on any atom is 0.201 e. The van der Waals surface area contributed by atoms with Gasteiger partial charge in [0, 0.05) is 28.0 Å². The van der Waals surface area contributed by atoms with Crippen molar-refractivity contribution in [3.63, 3.8) is 0 Å². The summed E-state index contributed by atoms with van der Waals surface area (Å²) in [5, 5.41) is 34.4. The van der Waals surface area contributed by atoms with Crippen LogP contribution in [0, 0.1) is 13.8 Å². The van der Waals surface area contributed by atoms with Crippen molar-refractivity contribution >= 4 is 16.6 Å². The van der Waals surface area contributed by atoms with Gasteiger partial charge in [-0.1, -0.05) is 19.9 Å². The molecule has 36 heavy (non-hydrogen) atoms. The average Bonchev–Trinajstić information content (AvgIpc) is 2.81. The number of phenolic OH excluding ortho intramolecular Hbond substituents is 3. The van der Waals surface area contributed by atoms with Gasteiger partial charge < -0.3 is 24.8 Å². The zero-order valence-corrected chi connectivity index (χ0v) is 21.1. The summed E-state index contributed by atoms with van der Waals surface area (Å²) in [6.07, 6.45) is 0. The summed E-state index contributed by atoms with van der Waals surface area (Å²) < 4.78 is 10.9. The zero-order valence-electron chi connectivity index (χ0n) is 21.1. The van der Waals surface area contributed by atoms with Crippen LogP contribution in [-0.2, 0) is 5.41 Å². The van der Waals surface area contributed by atoms with Crippen LogP contribution in [0.15, 0.2) is 42.5 Å². The van der Waals surface area contributed by atoms with E-state index < -0.39 is 11.2 Å². The second kappa shape index (κ2) is 7.92. The molecule has 0 radical (unpaired) electrons. The molecule has 0 saturated heterocycles. The largest absolute Gasteiger partial charge is 0.507 e. The summed E-state index contributed by atoms with van der Waals surface area (Å²) in [4.78, 5) is 13.8. The van der Waals surface area contributed by atoms with E-state index in [9.17, 15) is 20.1 Å². The number of methoxy groups -OCH3 is 2. The molecule has 6 heteroatoms. The molecule has 0 atom stereocenters. The van der Waals surface area contributed by atoms with Crippen LogP contribution in [-0.4, -0.2) is 35.3 Å². The molecule has 3 N–H and O–H groups in total. The Morgan fingerprint density at radius 3 is 1.97 bits per heavy atom. The number of fused-ring (bicyclic) bond motifs is 3. The van der Waals surface area contributed by atoms with Gasteiger partial charge in [-0.2, -0.15) is 0 Å². The summed E-state index contributed by atoms with van der Waals surface area (Å²) in [6.45, 7) is 7.65. The van der Waals surface area contributed by atoms with Gasteiger partial charge in [0.1, 0.15) is 28.7 Å². The monoisotopic (exact) mass is 484 g/mol. The van der Waals surface area contributed by atoms with Crippen LogP contribution in [0.5, 0.6) is 28.7 Å². The molecule has 184 valence electrons. The van der Waals surface area contributed by atoms with Crippen molar-refractivity contribution in [2.75, 3.05) is 14.2 Å². The molecular weight excluding hydrogens is 456 g/mol. The van der Waals surface area contributed by atoms with Crippen molar-refractivity contribution in [3.05, 3.63) is 75.8 Å². The molecule has 0 heterocycles. The summed E-state index contributed by atoms with van der Waals surface area (Å²) in [7, 11) is 3.08. The van der Waals surface area contributed by atoms with Crippen molar-refractivity contribution in [3.8, 4) is 39.9 Å². The molecule has 1 aliphatic rings. The van der Waals surface area contributed by atoms with E-state index in [1.807, 2.05) is 39.8 Å². The first kappa shape index (κ1) is 23.5. The molecule has 0 fully saturated rings. The number of aromatic hydroxyl groups is 3. The second-order valence-corrected chi connectivity index (χ2v) is 9.92. The normalized spacial score (nSPS) is 13.9. The maximum absolute atomic E-state index is 13.8. The van der Waals surface area contributed by atoms with Crippen molar-refractivity contribution in [1.82, 2.24) is 0 Å². The van der Waals surface area contributed by atoms with E-state index in [4.69, 9.17) is 9.47 Å². The Balaban J connectivity index is 1.92. The lowest BCUT2D eigenvalue weighted by atomic mass is 9.67. The van der Waals surface area contributed by atoms with E-state index in [-0.39, 0.29) is 28.4 Å². The van der Waals surface area contributed by atoms with Crippen LogP contribution in [0.2, 0.25) is 0 Å². The number of aryl methyl sites for hydroxylation is 2. The van der Waals surface area contributed by atoms with Crippen LogP contribution in [0.4, 0.5) is 0 Å². The highest BCUT2D eigenvalue weighted by atomic mass is 16.5. The van der Waals surface area contributed by atoms with Gasteiger partial charge in [0.15, 0.2) is 0 Å². The molecule has 0 unspecified atom stereocenters. The minimum absolute atomic E-state index is 0.0244. The highest BCUT2D eigenvalue weighted by Gasteiger charge is 2.41. The molecule has 0 saturated carbocycles. The molecule has 4 aromatic carbocycles. The number of benzene rings is 4. The lowest BCUT2D eigenvalue weighted by molar-refractivity contribution is 0.102. The van der Waals surface area contributed by atoms with Gasteiger partial charge >= 0.3 is 0 Å². The number of ketones is 1. The molecule has 5 rings (SSSR count). The van der Waals surface area contributed by atoms with Crippen LogP contribution >= 0.6 is 0 Å². The van der Waals surface area contributed by atoms with Gasteiger partial charge in [-0.3, -0.25) is 4.79 Å². The minimum Gasteiger partial charge on any atom is -0.507 e. The van der Waals surface area contributed by atoms with Crippen LogP contribution in [0.1, 0.15) is 52.0 Å². The molecule has 0 amide bonds. The number of hydrogen-bond donors (Lipinski definition) is 3. The minimum atomic E-state index is -0.671. The molecule has 0 aromatic heterocycles. The Kier molecular flexibility index (Phi) is 5.18. The Bertz CT molecular complexity index is 1570. The number of rotatable bonds is 3. The summed E-state index contributed by atoms with van der Waals surface area (Å²) in [6, 6.07) is 12.2. The molecule has 0 spiro atoms. The number of carbonyl (C=O) groups is 1. The van der Waals surface area contributed by atoms with E-state index >= 15 is 0 Å². The number of phenols is 3. The average molecular weight is 485 g/mol. The summed E-state index contributed by atoms with van der Waals surface area (Å²) in [5.74, 6) is 0.282. The van der Waals surface area contributed by atoms with Gasteiger partial charge in [-0.25, -0.2) is 0 Å². The third kappa shape index (κ3) is 3.21. The third-order valence-electron chi connectivity index (χ3n) is 7.28. The van der Waals surface area contributed by atoms with Crippen LogP contribution in [0.3, 0.4) is 0 Å². The van der Waals surface area contributed by atoms with Crippen molar-refractivity contribution in [2.45, 2.75) is 33.1 Å². The van der Waals surface area contributed by atoms with Crippen molar-refractivity contribution in [2.24, 2.45) is 0 Å². The van der Waals surface area contributed by atoms with Crippen molar-refractivity contribution < 1.29 is 29.6 Å². The van der Waals surface area contributed by atoms with Crippen molar-refractivity contribution in [1.29, 1.82) is 0 Å². The van der Waals surface area contributed by atoms with Crippen LogP contribution < -0.4 is 9.47 Å².